The van der Waals surface area contributed by atoms with Gasteiger partial charge in [0.1, 0.15) is 17.1 Å². The van der Waals surface area contributed by atoms with Crippen molar-refractivity contribution in [1.82, 2.24) is 0 Å². The van der Waals surface area contributed by atoms with E-state index in [1.807, 2.05) is 37.3 Å². The van der Waals surface area contributed by atoms with Gasteiger partial charge in [0, 0.05) is 12.0 Å². The summed E-state index contributed by atoms with van der Waals surface area (Å²) in [6, 6.07) is 13.9. The number of benzene rings is 2. The van der Waals surface area contributed by atoms with Gasteiger partial charge in [-0.25, -0.2) is 4.79 Å². The molecule has 1 aromatic heterocycles. The zero-order valence-electron chi connectivity index (χ0n) is 12.1. The lowest BCUT2D eigenvalue weighted by Crippen LogP contribution is -2.13. The molecule has 0 fully saturated rings. The maximum atomic E-state index is 12.3. The van der Waals surface area contributed by atoms with Crippen molar-refractivity contribution in [3.8, 4) is 11.5 Å². The molecule has 22 heavy (non-hydrogen) atoms. The Balaban J connectivity index is 2.26. The van der Waals surface area contributed by atoms with Gasteiger partial charge in [-0.3, -0.25) is 0 Å². The Labute approximate surface area is 127 Å². The molecule has 0 aliphatic carbocycles. The van der Waals surface area contributed by atoms with Crippen LogP contribution in [-0.4, -0.2) is 10.2 Å². The van der Waals surface area contributed by atoms with E-state index in [4.69, 9.17) is 4.42 Å². The van der Waals surface area contributed by atoms with Crippen molar-refractivity contribution in [2.24, 2.45) is 0 Å². The minimum atomic E-state index is -0.577. The monoisotopic (exact) mass is 296 g/mol. The molecular weight excluding hydrogens is 280 g/mol. The highest BCUT2D eigenvalue weighted by Gasteiger charge is 2.23. The first-order valence-corrected chi connectivity index (χ1v) is 7.15. The molecule has 0 amide bonds. The van der Waals surface area contributed by atoms with Gasteiger partial charge in [-0.15, -0.1) is 0 Å². The van der Waals surface area contributed by atoms with Crippen LogP contribution in [0.15, 0.2) is 57.7 Å². The summed E-state index contributed by atoms with van der Waals surface area (Å²) in [5.74, 6) is -0.337. The van der Waals surface area contributed by atoms with E-state index in [1.165, 1.54) is 12.1 Å². The molecule has 1 heterocycles. The molecule has 0 saturated carbocycles. The Morgan fingerprint density at radius 2 is 1.82 bits per heavy atom. The van der Waals surface area contributed by atoms with Gasteiger partial charge >= 0.3 is 5.63 Å². The van der Waals surface area contributed by atoms with Gasteiger partial charge in [0.05, 0.1) is 10.9 Å². The lowest BCUT2D eigenvalue weighted by Gasteiger charge is -2.16. The SMILES string of the molecule is CCC(c1ccccc1)c1c(O)c2ccc(O)cc2oc1=O. The smallest absolute Gasteiger partial charge is 0.343 e. The van der Waals surface area contributed by atoms with Crippen molar-refractivity contribution in [3.63, 3.8) is 0 Å². The number of aromatic hydroxyl groups is 2. The molecule has 2 aromatic carbocycles. The summed E-state index contributed by atoms with van der Waals surface area (Å²) in [6.45, 7) is 1.96. The highest BCUT2D eigenvalue weighted by molar-refractivity contribution is 5.85. The number of hydrogen-bond donors (Lipinski definition) is 2. The van der Waals surface area contributed by atoms with Crippen LogP contribution >= 0.6 is 0 Å². The molecule has 0 aliphatic rings. The predicted octanol–water partition coefficient (Wildman–Crippen LogP) is 3.75. The first-order chi connectivity index (χ1) is 10.6. The molecule has 3 rings (SSSR count). The quantitative estimate of drug-likeness (QED) is 0.722. The third-order valence-electron chi connectivity index (χ3n) is 3.86. The van der Waals surface area contributed by atoms with Crippen LogP contribution in [0.3, 0.4) is 0 Å². The number of phenols is 1. The summed E-state index contributed by atoms with van der Waals surface area (Å²) < 4.78 is 5.28. The van der Waals surface area contributed by atoms with Crippen LogP contribution in [0.4, 0.5) is 0 Å². The Hall–Kier alpha value is -2.75. The van der Waals surface area contributed by atoms with E-state index in [-0.39, 0.29) is 28.6 Å². The number of rotatable bonds is 3. The van der Waals surface area contributed by atoms with E-state index in [0.29, 0.717) is 11.8 Å². The fourth-order valence-corrected chi connectivity index (χ4v) is 2.79. The number of phenolic OH excluding ortho intramolecular Hbond substituents is 1. The van der Waals surface area contributed by atoms with Crippen LogP contribution in [-0.2, 0) is 0 Å². The van der Waals surface area contributed by atoms with Crippen molar-refractivity contribution >= 4 is 11.0 Å². The highest BCUT2D eigenvalue weighted by atomic mass is 16.4. The molecule has 0 radical (unpaired) electrons. The summed E-state index contributed by atoms with van der Waals surface area (Å²) in [5.41, 5.74) is 0.804. The highest BCUT2D eigenvalue weighted by Crippen LogP contribution is 2.36. The number of fused-ring (bicyclic) bond motifs is 1. The molecule has 4 heteroatoms. The second-order valence-corrected chi connectivity index (χ2v) is 5.20. The van der Waals surface area contributed by atoms with Crippen molar-refractivity contribution in [3.05, 3.63) is 70.1 Å². The molecule has 4 nitrogen and oxygen atoms in total. The Bertz CT molecular complexity index is 865. The van der Waals surface area contributed by atoms with Crippen LogP contribution in [0.5, 0.6) is 11.5 Å². The van der Waals surface area contributed by atoms with E-state index in [0.717, 1.165) is 5.56 Å². The summed E-state index contributed by atoms with van der Waals surface area (Å²) in [5, 5.41) is 20.4. The van der Waals surface area contributed by atoms with E-state index in [1.54, 1.807) is 6.07 Å². The standard InChI is InChI=1S/C18H16O4/c1-2-13(11-6-4-3-5-7-11)16-17(20)14-9-8-12(19)10-15(14)22-18(16)21/h3-10,13,19-20H,2H2,1H3. The molecule has 0 saturated heterocycles. The molecule has 0 bridgehead atoms. The summed E-state index contributed by atoms with van der Waals surface area (Å²) in [6.07, 6.45) is 0.659. The van der Waals surface area contributed by atoms with E-state index >= 15 is 0 Å². The second kappa shape index (κ2) is 5.56. The number of hydrogen-bond acceptors (Lipinski definition) is 4. The van der Waals surface area contributed by atoms with Gasteiger partial charge in [0.25, 0.3) is 0 Å². The molecule has 0 spiro atoms. The molecule has 2 N–H and O–H groups in total. The van der Waals surface area contributed by atoms with Crippen LogP contribution in [0.2, 0.25) is 0 Å². The average Bonchev–Trinajstić information content (AvgIpc) is 2.52. The van der Waals surface area contributed by atoms with Gasteiger partial charge in [0.2, 0.25) is 0 Å². The molecule has 1 unspecified atom stereocenters. The maximum Gasteiger partial charge on any atom is 0.343 e. The largest absolute Gasteiger partial charge is 0.508 e. The van der Waals surface area contributed by atoms with Gasteiger partial charge in [-0.2, -0.15) is 0 Å². The van der Waals surface area contributed by atoms with Crippen LogP contribution in [0.25, 0.3) is 11.0 Å². The fraction of sp³-hybridized carbons (Fsp3) is 0.167. The summed E-state index contributed by atoms with van der Waals surface area (Å²) in [7, 11) is 0. The van der Waals surface area contributed by atoms with Gasteiger partial charge in [-0.1, -0.05) is 37.3 Å². The second-order valence-electron chi connectivity index (χ2n) is 5.20. The molecule has 1 atom stereocenters. The van der Waals surface area contributed by atoms with Crippen molar-refractivity contribution in [1.29, 1.82) is 0 Å². The minimum Gasteiger partial charge on any atom is -0.508 e. The topological polar surface area (TPSA) is 70.7 Å². The van der Waals surface area contributed by atoms with Crippen LogP contribution < -0.4 is 5.63 Å². The van der Waals surface area contributed by atoms with Gasteiger partial charge < -0.3 is 14.6 Å². The third-order valence-corrected chi connectivity index (χ3v) is 3.86. The normalized spacial score (nSPS) is 12.4. The fourth-order valence-electron chi connectivity index (χ4n) is 2.79. The molecule has 0 aliphatic heterocycles. The first kappa shape index (κ1) is 14.2. The minimum absolute atomic E-state index is 0.0158. The lowest BCUT2D eigenvalue weighted by molar-refractivity contribution is 0.447. The Kier molecular flexibility index (Phi) is 3.59. The van der Waals surface area contributed by atoms with Crippen molar-refractivity contribution in [2.45, 2.75) is 19.3 Å². The summed E-state index contributed by atoms with van der Waals surface area (Å²) >= 11 is 0. The van der Waals surface area contributed by atoms with Gasteiger partial charge in [0.15, 0.2) is 0 Å². The van der Waals surface area contributed by atoms with E-state index in [2.05, 4.69) is 0 Å². The van der Waals surface area contributed by atoms with Crippen LogP contribution in [0, 0.1) is 0 Å². The zero-order chi connectivity index (χ0) is 15.7. The van der Waals surface area contributed by atoms with Gasteiger partial charge in [-0.05, 0) is 24.1 Å². The van der Waals surface area contributed by atoms with Crippen LogP contribution in [0.1, 0.15) is 30.4 Å². The average molecular weight is 296 g/mol. The maximum absolute atomic E-state index is 12.3. The predicted molar refractivity (Wildman–Crippen MR) is 84.4 cm³/mol. The van der Waals surface area contributed by atoms with E-state index in [9.17, 15) is 15.0 Å². The lowest BCUT2D eigenvalue weighted by atomic mass is 9.89. The molecular formula is C18H16O4. The zero-order valence-corrected chi connectivity index (χ0v) is 12.1. The Morgan fingerprint density at radius 3 is 2.50 bits per heavy atom. The Morgan fingerprint density at radius 1 is 1.09 bits per heavy atom. The van der Waals surface area contributed by atoms with E-state index < -0.39 is 5.63 Å². The van der Waals surface area contributed by atoms with Crippen molar-refractivity contribution in [2.75, 3.05) is 0 Å². The molecule has 112 valence electrons. The first-order valence-electron chi connectivity index (χ1n) is 7.15. The summed E-state index contributed by atoms with van der Waals surface area (Å²) in [4.78, 5) is 12.3. The van der Waals surface area contributed by atoms with Crippen molar-refractivity contribution < 1.29 is 14.6 Å². The third kappa shape index (κ3) is 2.33. The molecule has 3 aromatic rings.